The van der Waals surface area contributed by atoms with Gasteiger partial charge in [0, 0.05) is 32.6 Å². The number of furan rings is 1. The van der Waals surface area contributed by atoms with E-state index < -0.39 is 0 Å². The molecule has 0 unspecified atom stereocenters. The number of amides is 1. The van der Waals surface area contributed by atoms with Crippen LogP contribution in [0.1, 0.15) is 31.9 Å². The molecule has 0 saturated carbocycles. The van der Waals surface area contributed by atoms with Crippen molar-refractivity contribution in [1.29, 1.82) is 5.26 Å². The lowest BCUT2D eigenvalue weighted by molar-refractivity contribution is -0.131. The Morgan fingerprint density at radius 1 is 1.38 bits per heavy atom. The van der Waals surface area contributed by atoms with Gasteiger partial charge in [-0.2, -0.15) is 10.2 Å². The third-order valence-electron chi connectivity index (χ3n) is 4.11. The van der Waals surface area contributed by atoms with Gasteiger partial charge in [0.15, 0.2) is 5.76 Å². The average Bonchev–Trinajstić information content (AvgIpc) is 3.28. The van der Waals surface area contributed by atoms with Crippen molar-refractivity contribution in [2.75, 3.05) is 31.1 Å². The van der Waals surface area contributed by atoms with Gasteiger partial charge in [0.05, 0.1) is 6.26 Å². The Labute approximate surface area is 140 Å². The molecular weight excluding hydrogens is 308 g/mol. The van der Waals surface area contributed by atoms with Gasteiger partial charge in [-0.1, -0.05) is 13.3 Å². The molecule has 1 amide bonds. The summed E-state index contributed by atoms with van der Waals surface area (Å²) in [5, 5.41) is 9.30. The molecule has 2 aromatic rings. The zero-order valence-electron chi connectivity index (χ0n) is 13.7. The molecule has 0 atom stereocenters. The molecule has 0 aromatic carbocycles. The maximum Gasteiger partial charge on any atom is 0.266 e. The number of hydrogen-bond acceptors (Lipinski definition) is 6. The standard InChI is InChI=1S/C17H20N4O3/c1-2-3-6-15(22)20-7-9-21(10-8-20)17-13(12-18)19-16(24-17)14-5-4-11-23-14/h4-5,11H,2-3,6-10H2,1H3. The Hall–Kier alpha value is -2.75. The van der Waals surface area contributed by atoms with Crippen LogP contribution in [0.4, 0.5) is 5.88 Å². The molecule has 3 rings (SSSR count). The molecule has 7 nitrogen and oxygen atoms in total. The van der Waals surface area contributed by atoms with Crippen molar-refractivity contribution in [3.63, 3.8) is 0 Å². The summed E-state index contributed by atoms with van der Waals surface area (Å²) in [5.74, 6) is 1.44. The minimum absolute atomic E-state index is 0.200. The number of nitriles is 1. The maximum absolute atomic E-state index is 12.1. The first-order chi connectivity index (χ1) is 11.7. The monoisotopic (exact) mass is 328 g/mol. The number of piperazine rings is 1. The number of carbonyl (C=O) groups is 1. The van der Waals surface area contributed by atoms with E-state index in [2.05, 4.69) is 18.0 Å². The quantitative estimate of drug-likeness (QED) is 0.838. The summed E-state index contributed by atoms with van der Waals surface area (Å²) in [6, 6.07) is 5.55. The number of unbranched alkanes of at least 4 members (excludes halogenated alkanes) is 1. The number of oxazole rings is 1. The molecule has 3 heterocycles. The molecule has 7 heteroatoms. The molecule has 1 aliphatic heterocycles. The summed E-state index contributed by atoms with van der Waals surface area (Å²) in [6.07, 6.45) is 4.08. The van der Waals surface area contributed by atoms with Crippen LogP contribution in [-0.2, 0) is 4.79 Å². The first-order valence-electron chi connectivity index (χ1n) is 8.20. The third kappa shape index (κ3) is 3.27. The van der Waals surface area contributed by atoms with Crippen LogP contribution in [0.3, 0.4) is 0 Å². The molecule has 24 heavy (non-hydrogen) atoms. The van der Waals surface area contributed by atoms with Crippen molar-refractivity contribution in [2.24, 2.45) is 0 Å². The van der Waals surface area contributed by atoms with Gasteiger partial charge in [0.2, 0.25) is 17.5 Å². The summed E-state index contributed by atoms with van der Waals surface area (Å²) in [6.45, 7) is 4.59. The van der Waals surface area contributed by atoms with E-state index in [1.807, 2.05) is 9.80 Å². The second-order valence-electron chi connectivity index (χ2n) is 5.73. The van der Waals surface area contributed by atoms with Crippen molar-refractivity contribution in [2.45, 2.75) is 26.2 Å². The van der Waals surface area contributed by atoms with Gasteiger partial charge in [-0.15, -0.1) is 0 Å². The van der Waals surface area contributed by atoms with Gasteiger partial charge < -0.3 is 18.6 Å². The molecule has 2 aromatic heterocycles. The SMILES string of the molecule is CCCCC(=O)N1CCN(c2oc(-c3ccco3)nc2C#N)CC1. The van der Waals surface area contributed by atoms with Crippen molar-refractivity contribution < 1.29 is 13.6 Å². The van der Waals surface area contributed by atoms with Gasteiger partial charge in [0.1, 0.15) is 6.07 Å². The summed E-state index contributed by atoms with van der Waals surface area (Å²) in [5.41, 5.74) is 0.243. The fourth-order valence-electron chi connectivity index (χ4n) is 2.75. The highest BCUT2D eigenvalue weighted by atomic mass is 16.4. The summed E-state index contributed by atoms with van der Waals surface area (Å²) in [4.78, 5) is 20.1. The molecule has 0 aliphatic carbocycles. The number of hydrogen-bond donors (Lipinski definition) is 0. The minimum atomic E-state index is 0.200. The predicted molar refractivity (Wildman–Crippen MR) is 87.2 cm³/mol. The predicted octanol–water partition coefficient (Wildman–Crippen LogP) is 2.65. The highest BCUT2D eigenvalue weighted by Crippen LogP contribution is 2.29. The zero-order chi connectivity index (χ0) is 16.9. The fourth-order valence-corrected chi connectivity index (χ4v) is 2.75. The highest BCUT2D eigenvalue weighted by Gasteiger charge is 2.26. The van der Waals surface area contributed by atoms with E-state index in [9.17, 15) is 10.1 Å². The van der Waals surface area contributed by atoms with E-state index in [-0.39, 0.29) is 11.6 Å². The van der Waals surface area contributed by atoms with E-state index in [4.69, 9.17) is 8.83 Å². The van der Waals surface area contributed by atoms with Crippen molar-refractivity contribution in [3.8, 4) is 17.7 Å². The topological polar surface area (TPSA) is 86.5 Å². The highest BCUT2D eigenvalue weighted by molar-refractivity contribution is 5.76. The largest absolute Gasteiger partial charge is 0.459 e. The van der Waals surface area contributed by atoms with Crippen LogP contribution in [0.5, 0.6) is 0 Å². The Morgan fingerprint density at radius 2 is 2.17 bits per heavy atom. The van der Waals surface area contributed by atoms with E-state index in [1.165, 1.54) is 6.26 Å². The molecule has 0 radical (unpaired) electrons. The summed E-state index contributed by atoms with van der Waals surface area (Å²) >= 11 is 0. The smallest absolute Gasteiger partial charge is 0.266 e. The molecule has 1 saturated heterocycles. The number of aromatic nitrogens is 1. The molecule has 1 aliphatic rings. The van der Waals surface area contributed by atoms with Crippen molar-refractivity contribution >= 4 is 11.8 Å². The first-order valence-corrected chi connectivity index (χ1v) is 8.20. The maximum atomic E-state index is 12.1. The molecule has 126 valence electrons. The lowest BCUT2D eigenvalue weighted by Gasteiger charge is -2.34. The Balaban J connectivity index is 1.68. The van der Waals surface area contributed by atoms with Crippen molar-refractivity contribution in [3.05, 3.63) is 24.1 Å². The molecule has 1 fully saturated rings. The second kappa shape index (κ2) is 7.21. The van der Waals surface area contributed by atoms with Crippen LogP contribution in [0.2, 0.25) is 0 Å². The molecule has 0 N–H and O–H groups in total. The van der Waals surface area contributed by atoms with E-state index >= 15 is 0 Å². The Morgan fingerprint density at radius 3 is 2.79 bits per heavy atom. The summed E-state index contributed by atoms with van der Waals surface area (Å²) < 4.78 is 11.0. The van der Waals surface area contributed by atoms with E-state index in [0.717, 1.165) is 12.8 Å². The number of anilines is 1. The van der Waals surface area contributed by atoms with Crippen LogP contribution in [0.15, 0.2) is 27.2 Å². The van der Waals surface area contributed by atoms with E-state index in [0.29, 0.717) is 50.1 Å². The number of nitrogens with zero attached hydrogens (tertiary/aromatic N) is 4. The van der Waals surface area contributed by atoms with Crippen LogP contribution < -0.4 is 4.90 Å². The van der Waals surface area contributed by atoms with E-state index in [1.54, 1.807) is 12.1 Å². The van der Waals surface area contributed by atoms with Crippen LogP contribution >= 0.6 is 0 Å². The van der Waals surface area contributed by atoms with Gasteiger partial charge >= 0.3 is 0 Å². The molecule has 0 spiro atoms. The normalized spacial score (nSPS) is 14.7. The van der Waals surface area contributed by atoms with Gasteiger partial charge in [-0.05, 0) is 18.6 Å². The third-order valence-corrected chi connectivity index (χ3v) is 4.11. The lowest BCUT2D eigenvalue weighted by atomic mass is 10.2. The molecule has 0 bridgehead atoms. The minimum Gasteiger partial charge on any atom is -0.459 e. The summed E-state index contributed by atoms with van der Waals surface area (Å²) in [7, 11) is 0. The Kier molecular flexibility index (Phi) is 4.85. The fraction of sp³-hybridized carbons (Fsp3) is 0.471. The van der Waals surface area contributed by atoms with Gasteiger partial charge in [-0.3, -0.25) is 4.79 Å². The molecular formula is C17H20N4O3. The van der Waals surface area contributed by atoms with Gasteiger partial charge in [0.25, 0.3) is 5.89 Å². The first kappa shape index (κ1) is 16.1. The average molecular weight is 328 g/mol. The Bertz CT molecular complexity index is 722. The van der Waals surface area contributed by atoms with Crippen LogP contribution in [0, 0.1) is 11.3 Å². The lowest BCUT2D eigenvalue weighted by Crippen LogP contribution is -2.48. The van der Waals surface area contributed by atoms with Crippen molar-refractivity contribution in [1.82, 2.24) is 9.88 Å². The van der Waals surface area contributed by atoms with Crippen LogP contribution in [-0.4, -0.2) is 42.0 Å². The van der Waals surface area contributed by atoms with Gasteiger partial charge in [-0.25, -0.2) is 0 Å². The number of carbonyl (C=O) groups excluding carboxylic acids is 1. The number of rotatable bonds is 5. The zero-order valence-corrected chi connectivity index (χ0v) is 13.7. The van der Waals surface area contributed by atoms with Crippen LogP contribution in [0.25, 0.3) is 11.7 Å². The second-order valence-corrected chi connectivity index (χ2v) is 5.73.